The van der Waals surface area contributed by atoms with Crippen LogP contribution >= 0.6 is 0 Å². The second-order valence-corrected chi connectivity index (χ2v) is 6.13. The van der Waals surface area contributed by atoms with E-state index >= 15 is 0 Å². The molecule has 0 atom stereocenters. The van der Waals surface area contributed by atoms with Crippen LogP contribution in [-0.2, 0) is 0 Å². The van der Waals surface area contributed by atoms with E-state index in [1.165, 1.54) is 30.7 Å². The molecule has 1 aromatic heterocycles. The molecule has 1 fully saturated rings. The van der Waals surface area contributed by atoms with Crippen LogP contribution in [0.25, 0.3) is 11.1 Å². The predicted octanol–water partition coefficient (Wildman–Crippen LogP) is 2.57. The number of oxazole rings is 1. The van der Waals surface area contributed by atoms with Gasteiger partial charge >= 0.3 is 0 Å². The van der Waals surface area contributed by atoms with E-state index in [0.29, 0.717) is 48.4 Å². The molecule has 0 aliphatic carbocycles. The highest BCUT2D eigenvalue weighted by Gasteiger charge is 2.25. The number of carbonyl (C=O) groups is 2. The second kappa shape index (κ2) is 6.59. The molecule has 132 valence electrons. The highest BCUT2D eigenvalue weighted by Crippen LogP contribution is 2.17. The summed E-state index contributed by atoms with van der Waals surface area (Å²) in [5.74, 6) is -0.627. The average molecular weight is 353 g/mol. The third-order valence-electron chi connectivity index (χ3n) is 4.52. The first-order valence-electron chi connectivity index (χ1n) is 8.29. The lowest BCUT2D eigenvalue weighted by atomic mass is 10.1. The monoisotopic (exact) mass is 353 g/mol. The lowest BCUT2D eigenvalue weighted by Crippen LogP contribution is -2.50. The van der Waals surface area contributed by atoms with Crippen molar-refractivity contribution in [3.8, 4) is 0 Å². The van der Waals surface area contributed by atoms with Gasteiger partial charge < -0.3 is 14.2 Å². The van der Waals surface area contributed by atoms with Gasteiger partial charge in [0.05, 0.1) is 0 Å². The molecule has 2 aromatic carbocycles. The molecule has 6 nitrogen and oxygen atoms in total. The molecule has 0 saturated carbocycles. The van der Waals surface area contributed by atoms with Gasteiger partial charge in [-0.2, -0.15) is 0 Å². The third kappa shape index (κ3) is 3.03. The van der Waals surface area contributed by atoms with Crippen molar-refractivity contribution in [3.63, 3.8) is 0 Å². The van der Waals surface area contributed by atoms with Gasteiger partial charge in [0.15, 0.2) is 12.0 Å². The third-order valence-corrected chi connectivity index (χ3v) is 4.52. The maximum Gasteiger partial charge on any atom is 0.254 e. The summed E-state index contributed by atoms with van der Waals surface area (Å²) < 4.78 is 18.2. The van der Waals surface area contributed by atoms with E-state index in [1.807, 2.05) is 0 Å². The minimum absolute atomic E-state index is 0.0998. The van der Waals surface area contributed by atoms with Gasteiger partial charge in [-0.3, -0.25) is 9.59 Å². The Hall–Kier alpha value is -3.22. The van der Waals surface area contributed by atoms with Crippen LogP contribution in [0.15, 0.2) is 53.3 Å². The molecule has 1 aliphatic heterocycles. The van der Waals surface area contributed by atoms with Crippen LogP contribution in [0, 0.1) is 5.82 Å². The highest BCUT2D eigenvalue weighted by atomic mass is 19.1. The van der Waals surface area contributed by atoms with Crippen LogP contribution in [0.4, 0.5) is 4.39 Å². The van der Waals surface area contributed by atoms with Gasteiger partial charge in [0.1, 0.15) is 11.3 Å². The van der Waals surface area contributed by atoms with Crippen molar-refractivity contribution in [2.45, 2.75) is 0 Å². The van der Waals surface area contributed by atoms with Crippen molar-refractivity contribution in [3.05, 3.63) is 65.8 Å². The van der Waals surface area contributed by atoms with Crippen molar-refractivity contribution >= 4 is 22.9 Å². The van der Waals surface area contributed by atoms with Crippen LogP contribution in [0.5, 0.6) is 0 Å². The van der Waals surface area contributed by atoms with E-state index in [1.54, 1.807) is 28.0 Å². The number of piperazine rings is 1. The first-order valence-corrected chi connectivity index (χ1v) is 8.29. The number of aromatic nitrogens is 1. The molecule has 1 aliphatic rings. The quantitative estimate of drug-likeness (QED) is 0.710. The van der Waals surface area contributed by atoms with Gasteiger partial charge in [-0.15, -0.1) is 0 Å². The zero-order valence-corrected chi connectivity index (χ0v) is 13.9. The lowest BCUT2D eigenvalue weighted by Gasteiger charge is -2.34. The van der Waals surface area contributed by atoms with Crippen molar-refractivity contribution in [2.75, 3.05) is 26.2 Å². The number of rotatable bonds is 2. The number of amides is 2. The number of carbonyl (C=O) groups excluding carboxylic acids is 2. The Morgan fingerprint density at radius 1 is 0.885 bits per heavy atom. The van der Waals surface area contributed by atoms with Crippen molar-refractivity contribution in [1.29, 1.82) is 0 Å². The van der Waals surface area contributed by atoms with Crippen LogP contribution in [0.3, 0.4) is 0 Å². The number of halogens is 1. The highest BCUT2D eigenvalue weighted by molar-refractivity contribution is 5.97. The van der Waals surface area contributed by atoms with Crippen LogP contribution in [-0.4, -0.2) is 52.8 Å². The molecular weight excluding hydrogens is 337 g/mol. The first kappa shape index (κ1) is 16.3. The summed E-state index contributed by atoms with van der Waals surface area (Å²) in [4.78, 5) is 32.6. The standard InChI is InChI=1S/C19H16FN3O3/c20-15-4-1-13(2-5-15)18(24)22-7-9-23(10-8-22)19(25)14-3-6-16-17(11-14)26-12-21-16/h1-6,11-12H,7-10H2. The first-order chi connectivity index (χ1) is 12.6. The average Bonchev–Trinajstić information content (AvgIpc) is 3.15. The van der Waals surface area contributed by atoms with Crippen LogP contribution in [0.1, 0.15) is 20.7 Å². The zero-order valence-electron chi connectivity index (χ0n) is 13.9. The zero-order chi connectivity index (χ0) is 18.1. The fourth-order valence-corrected chi connectivity index (χ4v) is 3.06. The smallest absolute Gasteiger partial charge is 0.254 e. The summed E-state index contributed by atoms with van der Waals surface area (Å²) in [7, 11) is 0. The molecule has 0 bridgehead atoms. The minimum atomic E-state index is -0.374. The summed E-state index contributed by atoms with van der Waals surface area (Å²) >= 11 is 0. The molecular formula is C19H16FN3O3. The largest absolute Gasteiger partial charge is 0.443 e. The SMILES string of the molecule is O=C(c1ccc(F)cc1)N1CCN(C(=O)c2ccc3ncoc3c2)CC1. The lowest BCUT2D eigenvalue weighted by molar-refractivity contribution is 0.0535. The fraction of sp³-hybridized carbons (Fsp3) is 0.211. The Morgan fingerprint density at radius 2 is 1.46 bits per heavy atom. The predicted molar refractivity (Wildman–Crippen MR) is 92.2 cm³/mol. The van der Waals surface area contributed by atoms with E-state index in [4.69, 9.17) is 4.42 Å². The van der Waals surface area contributed by atoms with Gasteiger partial charge in [0, 0.05) is 37.3 Å². The van der Waals surface area contributed by atoms with E-state index < -0.39 is 0 Å². The van der Waals surface area contributed by atoms with Gasteiger partial charge in [-0.05, 0) is 42.5 Å². The summed E-state index contributed by atoms with van der Waals surface area (Å²) in [5.41, 5.74) is 2.26. The molecule has 26 heavy (non-hydrogen) atoms. The Bertz CT molecular complexity index is 960. The molecule has 0 spiro atoms. The van der Waals surface area contributed by atoms with E-state index in [-0.39, 0.29) is 17.6 Å². The summed E-state index contributed by atoms with van der Waals surface area (Å²) in [6.45, 7) is 1.76. The normalized spacial score (nSPS) is 14.7. The molecule has 2 amide bonds. The van der Waals surface area contributed by atoms with E-state index in [0.717, 1.165) is 0 Å². The van der Waals surface area contributed by atoms with Crippen LogP contribution in [0.2, 0.25) is 0 Å². The van der Waals surface area contributed by atoms with Crippen LogP contribution < -0.4 is 0 Å². The summed E-state index contributed by atoms with van der Waals surface area (Å²) in [6.07, 6.45) is 1.35. The molecule has 3 aromatic rings. The molecule has 0 unspecified atom stereocenters. The fourth-order valence-electron chi connectivity index (χ4n) is 3.06. The molecule has 1 saturated heterocycles. The number of nitrogens with zero attached hydrogens (tertiary/aromatic N) is 3. The Labute approximate surface area is 148 Å². The van der Waals surface area contributed by atoms with Crippen molar-refractivity contribution in [1.82, 2.24) is 14.8 Å². The molecule has 0 N–H and O–H groups in total. The Kier molecular flexibility index (Phi) is 4.12. The van der Waals surface area contributed by atoms with Crippen molar-refractivity contribution in [2.24, 2.45) is 0 Å². The van der Waals surface area contributed by atoms with E-state index in [2.05, 4.69) is 4.98 Å². The second-order valence-electron chi connectivity index (χ2n) is 6.13. The number of hydrogen-bond acceptors (Lipinski definition) is 4. The Morgan fingerprint density at radius 3 is 2.12 bits per heavy atom. The summed E-state index contributed by atoms with van der Waals surface area (Å²) in [5, 5.41) is 0. The molecule has 2 heterocycles. The minimum Gasteiger partial charge on any atom is -0.443 e. The van der Waals surface area contributed by atoms with Gasteiger partial charge in [-0.1, -0.05) is 0 Å². The van der Waals surface area contributed by atoms with E-state index in [9.17, 15) is 14.0 Å². The Balaban J connectivity index is 1.41. The molecule has 4 rings (SSSR count). The summed E-state index contributed by atoms with van der Waals surface area (Å²) in [6, 6.07) is 10.6. The maximum atomic E-state index is 13.0. The van der Waals surface area contributed by atoms with Gasteiger partial charge in [0.2, 0.25) is 0 Å². The molecule has 7 heteroatoms. The van der Waals surface area contributed by atoms with Gasteiger partial charge in [0.25, 0.3) is 11.8 Å². The number of fused-ring (bicyclic) bond motifs is 1. The molecule has 0 radical (unpaired) electrons. The van der Waals surface area contributed by atoms with Crippen molar-refractivity contribution < 1.29 is 18.4 Å². The maximum absolute atomic E-state index is 13.0. The number of hydrogen-bond donors (Lipinski definition) is 0. The number of benzene rings is 2. The van der Waals surface area contributed by atoms with Gasteiger partial charge in [-0.25, -0.2) is 9.37 Å². The topological polar surface area (TPSA) is 66.7 Å².